The van der Waals surface area contributed by atoms with Crippen molar-refractivity contribution in [2.24, 2.45) is 0 Å². The number of aromatic carboxylic acids is 1. The number of hydrogen-bond donors (Lipinski definition) is 0. The molecule has 0 N–H and O–H groups in total. The largest absolute Gasteiger partial charge is 0.545 e. The standard InChI is InChI=1S/C15H10N2O3/c18-14-12-6-1-2-7-13(12)16-9-17(14)11-5-3-4-10(8-11)15(19)20/h1-9H,(H,19,20)/p-1. The molecule has 0 spiro atoms. The zero-order valence-corrected chi connectivity index (χ0v) is 10.3. The van der Waals surface area contributed by atoms with E-state index in [0.29, 0.717) is 16.6 Å². The Hall–Kier alpha value is -2.95. The van der Waals surface area contributed by atoms with Gasteiger partial charge < -0.3 is 9.90 Å². The Bertz CT molecular complexity index is 868. The second kappa shape index (κ2) is 4.62. The van der Waals surface area contributed by atoms with Gasteiger partial charge in [0.25, 0.3) is 5.56 Å². The Morgan fingerprint density at radius 3 is 2.70 bits per heavy atom. The van der Waals surface area contributed by atoms with Crippen molar-refractivity contribution >= 4 is 16.9 Å². The van der Waals surface area contributed by atoms with Crippen LogP contribution >= 0.6 is 0 Å². The van der Waals surface area contributed by atoms with E-state index < -0.39 is 5.97 Å². The van der Waals surface area contributed by atoms with E-state index in [1.54, 1.807) is 36.4 Å². The second-order valence-corrected chi connectivity index (χ2v) is 4.27. The van der Waals surface area contributed by atoms with Gasteiger partial charge in [-0.05, 0) is 29.8 Å². The first-order valence-corrected chi connectivity index (χ1v) is 5.95. The van der Waals surface area contributed by atoms with E-state index in [0.717, 1.165) is 0 Å². The van der Waals surface area contributed by atoms with Gasteiger partial charge in [0, 0.05) is 0 Å². The van der Waals surface area contributed by atoms with Gasteiger partial charge in [-0.3, -0.25) is 9.36 Å². The molecule has 0 atom stereocenters. The van der Waals surface area contributed by atoms with Crippen molar-refractivity contribution in [2.45, 2.75) is 0 Å². The quantitative estimate of drug-likeness (QED) is 0.685. The lowest BCUT2D eigenvalue weighted by atomic mass is 10.2. The Balaban J connectivity index is 2.25. The van der Waals surface area contributed by atoms with E-state index in [2.05, 4.69) is 4.98 Å². The molecule has 0 saturated carbocycles. The smallest absolute Gasteiger partial charge is 0.265 e. The van der Waals surface area contributed by atoms with Crippen LogP contribution in [-0.4, -0.2) is 15.5 Å². The number of carboxylic acid groups (broad SMARTS) is 1. The van der Waals surface area contributed by atoms with Crippen LogP contribution < -0.4 is 10.7 Å². The molecule has 5 heteroatoms. The molecule has 0 saturated heterocycles. The minimum absolute atomic E-state index is 0.0163. The molecule has 0 fully saturated rings. The van der Waals surface area contributed by atoms with Crippen molar-refractivity contribution in [3.63, 3.8) is 0 Å². The van der Waals surface area contributed by atoms with E-state index in [1.165, 1.54) is 23.0 Å². The van der Waals surface area contributed by atoms with Gasteiger partial charge in [-0.1, -0.05) is 24.3 Å². The van der Waals surface area contributed by atoms with E-state index >= 15 is 0 Å². The number of carboxylic acids is 1. The van der Waals surface area contributed by atoms with Gasteiger partial charge in [-0.15, -0.1) is 0 Å². The lowest BCUT2D eigenvalue weighted by molar-refractivity contribution is -0.255. The topological polar surface area (TPSA) is 75.0 Å². The van der Waals surface area contributed by atoms with Crippen LogP contribution in [0.1, 0.15) is 10.4 Å². The van der Waals surface area contributed by atoms with Crippen molar-refractivity contribution in [1.29, 1.82) is 0 Å². The second-order valence-electron chi connectivity index (χ2n) is 4.27. The fraction of sp³-hybridized carbons (Fsp3) is 0. The molecule has 0 aliphatic heterocycles. The summed E-state index contributed by atoms with van der Waals surface area (Å²) in [5, 5.41) is 11.3. The molecule has 0 amide bonds. The average Bonchev–Trinajstić information content (AvgIpc) is 2.48. The highest BCUT2D eigenvalue weighted by Gasteiger charge is 2.06. The van der Waals surface area contributed by atoms with Gasteiger partial charge in [0.2, 0.25) is 0 Å². The molecule has 1 aromatic heterocycles. The summed E-state index contributed by atoms with van der Waals surface area (Å²) in [4.78, 5) is 27.4. The number of carbonyl (C=O) groups excluding carboxylic acids is 1. The van der Waals surface area contributed by atoms with Crippen molar-refractivity contribution in [2.75, 3.05) is 0 Å². The zero-order valence-electron chi connectivity index (χ0n) is 10.3. The number of para-hydroxylation sites is 1. The summed E-state index contributed by atoms with van der Waals surface area (Å²) in [6.45, 7) is 0. The van der Waals surface area contributed by atoms with Crippen molar-refractivity contribution in [1.82, 2.24) is 9.55 Å². The van der Waals surface area contributed by atoms with Gasteiger partial charge in [-0.2, -0.15) is 0 Å². The summed E-state index contributed by atoms with van der Waals surface area (Å²) in [6, 6.07) is 13.0. The van der Waals surface area contributed by atoms with Gasteiger partial charge in [0.1, 0.15) is 6.33 Å². The van der Waals surface area contributed by atoms with Gasteiger partial charge in [-0.25, -0.2) is 4.98 Å². The molecule has 20 heavy (non-hydrogen) atoms. The maximum absolute atomic E-state index is 12.4. The molecular formula is C15H9N2O3-. The van der Waals surface area contributed by atoms with Crippen LogP contribution in [0.5, 0.6) is 0 Å². The van der Waals surface area contributed by atoms with Crippen LogP contribution in [0.3, 0.4) is 0 Å². The SMILES string of the molecule is O=C([O-])c1cccc(-n2cnc3ccccc3c2=O)c1. The predicted octanol–water partition coefficient (Wildman–Crippen LogP) is 0.749. The summed E-state index contributed by atoms with van der Waals surface area (Å²) in [5.74, 6) is -1.28. The Morgan fingerprint density at radius 2 is 1.90 bits per heavy atom. The van der Waals surface area contributed by atoms with E-state index in [1.807, 2.05) is 0 Å². The summed E-state index contributed by atoms with van der Waals surface area (Å²) in [5.41, 5.74) is 0.813. The lowest BCUT2D eigenvalue weighted by Gasteiger charge is -2.09. The first-order valence-electron chi connectivity index (χ1n) is 5.95. The fourth-order valence-electron chi connectivity index (χ4n) is 2.04. The van der Waals surface area contributed by atoms with Crippen LogP contribution in [-0.2, 0) is 0 Å². The fourth-order valence-corrected chi connectivity index (χ4v) is 2.04. The van der Waals surface area contributed by atoms with E-state index in [9.17, 15) is 14.7 Å². The number of aromatic nitrogens is 2. The van der Waals surface area contributed by atoms with Gasteiger partial charge in [0.05, 0.1) is 22.6 Å². The van der Waals surface area contributed by atoms with Gasteiger partial charge in [0.15, 0.2) is 0 Å². The number of nitrogens with zero attached hydrogens (tertiary/aromatic N) is 2. The summed E-state index contributed by atoms with van der Waals surface area (Å²) >= 11 is 0. The molecular weight excluding hydrogens is 256 g/mol. The maximum atomic E-state index is 12.4. The minimum atomic E-state index is -1.28. The Kier molecular flexibility index (Phi) is 2.80. The molecule has 0 unspecified atom stereocenters. The maximum Gasteiger partial charge on any atom is 0.265 e. The Morgan fingerprint density at radius 1 is 1.10 bits per heavy atom. The Labute approximate surface area is 113 Å². The third kappa shape index (κ3) is 1.95. The number of benzene rings is 2. The first-order chi connectivity index (χ1) is 9.66. The van der Waals surface area contributed by atoms with Crippen LogP contribution in [0.15, 0.2) is 59.7 Å². The normalized spacial score (nSPS) is 10.6. The average molecular weight is 265 g/mol. The highest BCUT2D eigenvalue weighted by Crippen LogP contribution is 2.11. The zero-order chi connectivity index (χ0) is 14.1. The molecule has 98 valence electrons. The third-order valence-electron chi connectivity index (χ3n) is 3.03. The van der Waals surface area contributed by atoms with E-state index in [-0.39, 0.29) is 11.1 Å². The molecule has 3 rings (SSSR count). The van der Waals surface area contributed by atoms with E-state index in [4.69, 9.17) is 0 Å². The molecule has 0 aliphatic carbocycles. The number of fused-ring (bicyclic) bond motifs is 1. The summed E-state index contributed by atoms with van der Waals surface area (Å²) in [6.07, 6.45) is 1.39. The van der Waals surface area contributed by atoms with Crippen LogP contribution in [0, 0.1) is 0 Å². The third-order valence-corrected chi connectivity index (χ3v) is 3.03. The molecule has 0 bridgehead atoms. The highest BCUT2D eigenvalue weighted by atomic mass is 16.4. The van der Waals surface area contributed by atoms with Crippen LogP contribution in [0.4, 0.5) is 0 Å². The molecule has 5 nitrogen and oxygen atoms in total. The monoisotopic (exact) mass is 265 g/mol. The molecule has 0 radical (unpaired) electrons. The molecule has 2 aromatic carbocycles. The summed E-state index contributed by atoms with van der Waals surface area (Å²) in [7, 11) is 0. The van der Waals surface area contributed by atoms with Crippen molar-refractivity contribution in [3.05, 3.63) is 70.8 Å². The van der Waals surface area contributed by atoms with Crippen molar-refractivity contribution in [3.8, 4) is 5.69 Å². The van der Waals surface area contributed by atoms with Gasteiger partial charge >= 0.3 is 0 Å². The van der Waals surface area contributed by atoms with Crippen molar-refractivity contribution < 1.29 is 9.90 Å². The molecule has 0 aliphatic rings. The lowest BCUT2D eigenvalue weighted by Crippen LogP contribution is -2.23. The van der Waals surface area contributed by atoms with Crippen LogP contribution in [0.2, 0.25) is 0 Å². The number of rotatable bonds is 2. The predicted molar refractivity (Wildman–Crippen MR) is 71.7 cm³/mol. The molecule has 3 aromatic rings. The van der Waals surface area contributed by atoms with Crippen LogP contribution in [0.25, 0.3) is 16.6 Å². The number of hydrogen-bond acceptors (Lipinski definition) is 4. The number of carbonyl (C=O) groups is 1. The highest BCUT2D eigenvalue weighted by molar-refractivity contribution is 5.86. The summed E-state index contributed by atoms with van der Waals surface area (Å²) < 4.78 is 1.31. The first kappa shape index (κ1) is 12.1. The molecule has 1 heterocycles. The minimum Gasteiger partial charge on any atom is -0.545 e.